The van der Waals surface area contributed by atoms with E-state index in [1.165, 1.54) is 6.07 Å². The number of phenolic OH excluding ortho intramolecular Hbond substituents is 1. The van der Waals surface area contributed by atoms with Gasteiger partial charge in [0.25, 0.3) is 0 Å². The lowest BCUT2D eigenvalue weighted by molar-refractivity contribution is 0.409. The van der Waals surface area contributed by atoms with Crippen LogP contribution in [0.1, 0.15) is 12.0 Å². The Labute approximate surface area is 157 Å². The molecule has 3 aromatic rings. The molecule has 1 N–H and O–H groups in total. The Morgan fingerprint density at radius 1 is 1.26 bits per heavy atom. The van der Waals surface area contributed by atoms with Crippen molar-refractivity contribution in [3.05, 3.63) is 29.7 Å². The molecule has 0 unspecified atom stereocenters. The van der Waals surface area contributed by atoms with E-state index >= 15 is 0 Å². The summed E-state index contributed by atoms with van der Waals surface area (Å²) in [6.07, 6.45) is 2.84. The molecule has 0 spiro atoms. The lowest BCUT2D eigenvalue weighted by Gasteiger charge is -2.24. The molecule has 27 heavy (non-hydrogen) atoms. The van der Waals surface area contributed by atoms with Gasteiger partial charge >= 0.3 is 0 Å². The Balaban J connectivity index is 1.76. The van der Waals surface area contributed by atoms with Crippen LogP contribution in [0.4, 0.5) is 10.2 Å². The van der Waals surface area contributed by atoms with Gasteiger partial charge in [-0.2, -0.15) is 0 Å². The average molecular weight is 370 g/mol. The highest BCUT2D eigenvalue weighted by Gasteiger charge is 2.25. The van der Waals surface area contributed by atoms with Crippen molar-refractivity contribution in [1.82, 2.24) is 24.4 Å². The van der Waals surface area contributed by atoms with Gasteiger partial charge in [0.1, 0.15) is 23.2 Å². The summed E-state index contributed by atoms with van der Waals surface area (Å²) in [7, 11) is 5.96. The SMILES string of the molecule is Cc1cc(F)cc(O)c1-c1nc2nc(N(C)[C@@H]3CCN(C)C3)cnc2n1C. The molecular formula is C19H23FN6O. The third kappa shape index (κ3) is 2.99. The van der Waals surface area contributed by atoms with Crippen molar-refractivity contribution < 1.29 is 9.50 Å². The zero-order chi connectivity index (χ0) is 19.3. The van der Waals surface area contributed by atoms with Gasteiger partial charge in [-0.05, 0) is 38.6 Å². The van der Waals surface area contributed by atoms with E-state index in [9.17, 15) is 9.50 Å². The number of fused-ring (bicyclic) bond motifs is 1. The van der Waals surface area contributed by atoms with Gasteiger partial charge in [-0.15, -0.1) is 0 Å². The Morgan fingerprint density at radius 2 is 2.04 bits per heavy atom. The van der Waals surface area contributed by atoms with E-state index < -0.39 is 5.82 Å². The number of aromatic hydroxyl groups is 1. The monoisotopic (exact) mass is 370 g/mol. The topological polar surface area (TPSA) is 70.3 Å². The van der Waals surface area contributed by atoms with Gasteiger partial charge in [-0.3, -0.25) is 0 Å². The minimum Gasteiger partial charge on any atom is -0.507 e. The summed E-state index contributed by atoms with van der Waals surface area (Å²) in [5.74, 6) is 0.666. The molecule has 0 radical (unpaired) electrons. The first-order chi connectivity index (χ1) is 12.8. The van der Waals surface area contributed by atoms with E-state index in [1.807, 2.05) is 14.1 Å². The van der Waals surface area contributed by atoms with Crippen LogP contribution in [0.5, 0.6) is 5.75 Å². The summed E-state index contributed by atoms with van der Waals surface area (Å²) in [5, 5.41) is 10.2. The fourth-order valence-corrected chi connectivity index (χ4v) is 3.78. The van der Waals surface area contributed by atoms with Crippen molar-refractivity contribution >= 4 is 17.1 Å². The van der Waals surface area contributed by atoms with Crippen molar-refractivity contribution in [3.8, 4) is 17.1 Å². The van der Waals surface area contributed by atoms with E-state index in [1.54, 1.807) is 17.7 Å². The van der Waals surface area contributed by atoms with Crippen molar-refractivity contribution in [1.29, 1.82) is 0 Å². The first kappa shape index (κ1) is 17.7. The molecule has 1 aliphatic heterocycles. The molecule has 2 aromatic heterocycles. The van der Waals surface area contributed by atoms with Crippen LogP contribution >= 0.6 is 0 Å². The zero-order valence-corrected chi connectivity index (χ0v) is 15.9. The molecule has 0 amide bonds. The number of likely N-dealkylation sites (N-methyl/N-ethyl adjacent to an activating group) is 2. The number of hydrogen-bond donors (Lipinski definition) is 1. The first-order valence-corrected chi connectivity index (χ1v) is 8.95. The Kier molecular flexibility index (Phi) is 4.22. The summed E-state index contributed by atoms with van der Waals surface area (Å²) in [6, 6.07) is 2.87. The van der Waals surface area contributed by atoms with Gasteiger partial charge in [-0.1, -0.05) is 0 Å². The van der Waals surface area contributed by atoms with Gasteiger partial charge in [0.2, 0.25) is 0 Å². The molecular weight excluding hydrogens is 347 g/mol. The number of nitrogens with zero attached hydrogens (tertiary/aromatic N) is 6. The van der Waals surface area contributed by atoms with Crippen molar-refractivity contribution in [3.63, 3.8) is 0 Å². The molecule has 3 heterocycles. The van der Waals surface area contributed by atoms with E-state index in [0.29, 0.717) is 34.3 Å². The maximum absolute atomic E-state index is 13.5. The highest BCUT2D eigenvalue weighted by atomic mass is 19.1. The smallest absolute Gasteiger partial charge is 0.200 e. The number of hydrogen-bond acceptors (Lipinski definition) is 6. The number of phenols is 1. The number of aryl methyl sites for hydroxylation is 2. The standard InChI is InChI=1S/C19H23FN6O/c1-11-7-12(20)8-14(27)16(11)18-23-17-19(26(18)4)21-9-15(22-17)25(3)13-5-6-24(2)10-13/h7-9,13,27H,5-6,10H2,1-4H3/t13-/m1/s1. The van der Waals surface area contributed by atoms with Gasteiger partial charge in [0.05, 0.1) is 11.8 Å². The summed E-state index contributed by atoms with van der Waals surface area (Å²) in [4.78, 5) is 18.3. The summed E-state index contributed by atoms with van der Waals surface area (Å²) >= 11 is 0. The molecule has 1 aliphatic rings. The molecule has 7 nitrogen and oxygen atoms in total. The second-order valence-corrected chi connectivity index (χ2v) is 7.30. The number of anilines is 1. The highest BCUT2D eigenvalue weighted by molar-refractivity contribution is 5.78. The van der Waals surface area contributed by atoms with Crippen molar-refractivity contribution in [2.24, 2.45) is 7.05 Å². The number of benzene rings is 1. The summed E-state index contributed by atoms with van der Waals surface area (Å²) < 4.78 is 15.3. The highest BCUT2D eigenvalue weighted by Crippen LogP contribution is 2.34. The molecule has 0 saturated carbocycles. The predicted octanol–water partition coefficient (Wildman–Crippen LogP) is 2.32. The average Bonchev–Trinajstić information content (AvgIpc) is 3.17. The number of imidazole rings is 1. The molecule has 0 aliphatic carbocycles. The molecule has 1 aromatic carbocycles. The molecule has 4 rings (SSSR count). The third-order valence-corrected chi connectivity index (χ3v) is 5.35. The minimum absolute atomic E-state index is 0.141. The normalized spacial score (nSPS) is 17.7. The molecule has 0 bridgehead atoms. The van der Waals surface area contributed by atoms with Crippen molar-refractivity contribution in [2.45, 2.75) is 19.4 Å². The Bertz CT molecular complexity index is 994. The van der Waals surface area contributed by atoms with Gasteiger partial charge < -0.3 is 19.5 Å². The van der Waals surface area contributed by atoms with Crippen LogP contribution < -0.4 is 4.90 Å². The van der Waals surface area contributed by atoms with Crippen LogP contribution in [0.3, 0.4) is 0 Å². The van der Waals surface area contributed by atoms with Crippen LogP contribution in [-0.2, 0) is 7.05 Å². The summed E-state index contributed by atoms with van der Waals surface area (Å²) in [5.41, 5.74) is 2.23. The van der Waals surface area contributed by atoms with Gasteiger partial charge in [0, 0.05) is 32.7 Å². The van der Waals surface area contributed by atoms with Crippen LogP contribution in [0.25, 0.3) is 22.7 Å². The Hall–Kier alpha value is -2.74. The number of rotatable bonds is 3. The summed E-state index contributed by atoms with van der Waals surface area (Å²) in [6.45, 7) is 3.81. The van der Waals surface area contributed by atoms with E-state index in [-0.39, 0.29) is 5.75 Å². The lowest BCUT2D eigenvalue weighted by Crippen LogP contribution is -2.34. The van der Waals surface area contributed by atoms with Crippen LogP contribution in [-0.4, -0.2) is 62.8 Å². The van der Waals surface area contributed by atoms with Crippen LogP contribution in [0.15, 0.2) is 18.3 Å². The molecule has 1 atom stereocenters. The van der Waals surface area contributed by atoms with Crippen LogP contribution in [0.2, 0.25) is 0 Å². The Morgan fingerprint density at radius 3 is 2.70 bits per heavy atom. The molecule has 142 valence electrons. The number of likely N-dealkylation sites (tertiary alicyclic amines) is 1. The largest absolute Gasteiger partial charge is 0.507 e. The first-order valence-electron chi connectivity index (χ1n) is 8.95. The molecule has 1 fully saturated rings. The zero-order valence-electron chi connectivity index (χ0n) is 15.9. The quantitative estimate of drug-likeness (QED) is 0.763. The van der Waals surface area contributed by atoms with Crippen molar-refractivity contribution in [2.75, 3.05) is 32.1 Å². The predicted molar refractivity (Wildman–Crippen MR) is 102 cm³/mol. The fraction of sp³-hybridized carbons (Fsp3) is 0.421. The maximum Gasteiger partial charge on any atom is 0.200 e. The third-order valence-electron chi connectivity index (χ3n) is 5.35. The van der Waals surface area contributed by atoms with E-state index in [2.05, 4.69) is 31.8 Å². The number of aromatic nitrogens is 4. The molecule has 1 saturated heterocycles. The van der Waals surface area contributed by atoms with E-state index in [0.717, 1.165) is 31.4 Å². The second kappa shape index (κ2) is 6.45. The lowest BCUT2D eigenvalue weighted by atomic mass is 10.1. The maximum atomic E-state index is 13.5. The van der Waals surface area contributed by atoms with Gasteiger partial charge in [0.15, 0.2) is 11.3 Å². The fourth-order valence-electron chi connectivity index (χ4n) is 3.78. The molecule has 8 heteroatoms. The minimum atomic E-state index is -0.478. The number of halogens is 1. The second-order valence-electron chi connectivity index (χ2n) is 7.30. The van der Waals surface area contributed by atoms with Crippen LogP contribution in [0, 0.1) is 12.7 Å². The van der Waals surface area contributed by atoms with E-state index in [4.69, 9.17) is 0 Å². The van der Waals surface area contributed by atoms with Gasteiger partial charge in [-0.25, -0.2) is 19.3 Å².